The Kier molecular flexibility index (Phi) is 3.17. The van der Waals surface area contributed by atoms with E-state index >= 15 is 0 Å². The lowest BCUT2D eigenvalue weighted by Crippen LogP contribution is -2.14. The maximum atomic E-state index is 12.6. The number of hydrogen-bond donors (Lipinski definition) is 0. The number of allylic oxidation sites excluding steroid dienone is 2. The molecule has 1 heterocycles. The molecule has 0 N–H and O–H groups in total. The van der Waals surface area contributed by atoms with Gasteiger partial charge in [-0.25, -0.2) is 0 Å². The first-order valence-corrected chi connectivity index (χ1v) is 4.71. The van der Waals surface area contributed by atoms with Crippen LogP contribution in [-0.4, -0.2) is 6.29 Å². The summed E-state index contributed by atoms with van der Waals surface area (Å²) in [7, 11) is 0. The third-order valence-corrected chi connectivity index (χ3v) is 2.31. The molecule has 2 nitrogen and oxygen atoms in total. The molecule has 15 heavy (non-hydrogen) atoms. The summed E-state index contributed by atoms with van der Waals surface area (Å²) in [5, 5.41) is 0. The molecule has 1 atom stereocenters. The van der Waals surface area contributed by atoms with E-state index in [1.54, 1.807) is 0 Å². The average Bonchev–Trinajstić information content (AvgIpc) is 2.38. The highest BCUT2D eigenvalue weighted by atomic mass is 19.3. The van der Waals surface area contributed by atoms with Crippen molar-refractivity contribution >= 4 is 0 Å². The van der Waals surface area contributed by atoms with Gasteiger partial charge in [0.25, 0.3) is 0 Å². The molecule has 0 radical (unpaired) electrons. The Labute approximate surface area is 87.9 Å². The highest BCUT2D eigenvalue weighted by Crippen LogP contribution is 2.36. The summed E-state index contributed by atoms with van der Waals surface area (Å²) in [6, 6.07) is 0. The van der Waals surface area contributed by atoms with Crippen LogP contribution in [0, 0.1) is 5.92 Å². The fourth-order valence-electron chi connectivity index (χ4n) is 1.08. The van der Waals surface area contributed by atoms with Crippen molar-refractivity contribution in [1.29, 1.82) is 0 Å². The van der Waals surface area contributed by atoms with Gasteiger partial charge < -0.3 is 9.47 Å². The van der Waals surface area contributed by atoms with Gasteiger partial charge in [0.05, 0.1) is 0 Å². The number of hydrogen-bond acceptors (Lipinski definition) is 2. The minimum absolute atomic E-state index is 0.0506. The van der Waals surface area contributed by atoms with Gasteiger partial charge in [-0.2, -0.15) is 0 Å². The monoisotopic (exact) mass is 216 g/mol. The second-order valence-electron chi connectivity index (χ2n) is 3.48. The topological polar surface area (TPSA) is 18.5 Å². The van der Waals surface area contributed by atoms with Crippen molar-refractivity contribution in [1.82, 2.24) is 0 Å². The van der Waals surface area contributed by atoms with E-state index in [9.17, 15) is 8.78 Å². The van der Waals surface area contributed by atoms with E-state index in [0.717, 1.165) is 12.0 Å². The van der Waals surface area contributed by atoms with Gasteiger partial charge in [-0.05, 0) is 24.0 Å². The standard InChI is InChI=1S/C11H14F2O2/c1-5-7(2)8(3)6-10-9(4)14-11(12,13)15-10/h6-7H,3-5H2,1-2H3/b10-6+. The Morgan fingerprint density at radius 1 is 1.53 bits per heavy atom. The van der Waals surface area contributed by atoms with Crippen LogP contribution in [0.1, 0.15) is 20.3 Å². The molecular formula is C11H14F2O2. The van der Waals surface area contributed by atoms with E-state index in [1.165, 1.54) is 6.08 Å². The summed E-state index contributed by atoms with van der Waals surface area (Å²) in [5.41, 5.74) is 0.718. The van der Waals surface area contributed by atoms with Gasteiger partial charge in [-0.3, -0.25) is 0 Å². The fourth-order valence-corrected chi connectivity index (χ4v) is 1.08. The van der Waals surface area contributed by atoms with Gasteiger partial charge in [-0.1, -0.05) is 27.0 Å². The van der Waals surface area contributed by atoms with E-state index in [4.69, 9.17) is 0 Å². The van der Waals surface area contributed by atoms with E-state index in [1.807, 2.05) is 13.8 Å². The zero-order chi connectivity index (χ0) is 11.6. The number of alkyl halides is 2. The minimum atomic E-state index is -3.60. The van der Waals surface area contributed by atoms with Gasteiger partial charge in [-0.15, -0.1) is 8.78 Å². The zero-order valence-corrected chi connectivity index (χ0v) is 8.85. The first kappa shape index (κ1) is 11.8. The molecule has 0 aromatic rings. The molecule has 0 amide bonds. The van der Waals surface area contributed by atoms with Gasteiger partial charge in [0, 0.05) is 0 Å². The summed E-state index contributed by atoms with van der Waals surface area (Å²) in [6.45, 7) is 11.1. The van der Waals surface area contributed by atoms with Crippen molar-refractivity contribution in [3.8, 4) is 0 Å². The first-order chi connectivity index (χ1) is 6.85. The Hall–Kier alpha value is -1.32. The summed E-state index contributed by atoms with van der Waals surface area (Å²) >= 11 is 0. The van der Waals surface area contributed by atoms with Crippen LogP contribution in [0.3, 0.4) is 0 Å². The van der Waals surface area contributed by atoms with Gasteiger partial charge in [0.2, 0.25) is 0 Å². The lowest BCUT2D eigenvalue weighted by molar-refractivity contribution is -0.326. The molecule has 0 spiro atoms. The van der Waals surface area contributed by atoms with Gasteiger partial charge in [0.15, 0.2) is 11.5 Å². The summed E-state index contributed by atoms with van der Waals surface area (Å²) in [6.07, 6.45) is -1.28. The van der Waals surface area contributed by atoms with Crippen LogP contribution in [-0.2, 0) is 9.47 Å². The molecule has 0 aromatic heterocycles. The molecule has 84 valence electrons. The van der Waals surface area contributed by atoms with Crippen LogP contribution in [0.2, 0.25) is 0 Å². The zero-order valence-electron chi connectivity index (χ0n) is 8.85. The lowest BCUT2D eigenvalue weighted by atomic mass is 9.99. The van der Waals surface area contributed by atoms with Gasteiger partial charge >= 0.3 is 6.29 Å². The maximum Gasteiger partial charge on any atom is 0.586 e. The molecule has 0 aromatic carbocycles. The molecule has 1 aliphatic heterocycles. The van der Waals surface area contributed by atoms with Crippen LogP contribution < -0.4 is 0 Å². The Bertz CT molecular complexity index is 319. The van der Waals surface area contributed by atoms with Crippen molar-refractivity contribution in [3.63, 3.8) is 0 Å². The third kappa shape index (κ3) is 2.81. The first-order valence-electron chi connectivity index (χ1n) is 4.71. The van der Waals surface area contributed by atoms with Crippen molar-refractivity contribution in [2.75, 3.05) is 0 Å². The molecule has 1 aliphatic rings. The van der Waals surface area contributed by atoms with Crippen LogP contribution in [0.15, 0.2) is 36.3 Å². The molecule has 1 rings (SSSR count). The van der Waals surface area contributed by atoms with Crippen LogP contribution >= 0.6 is 0 Å². The third-order valence-electron chi connectivity index (χ3n) is 2.31. The summed E-state index contributed by atoms with van der Waals surface area (Å²) in [4.78, 5) is 0. The number of rotatable bonds is 3. The lowest BCUT2D eigenvalue weighted by Gasteiger charge is -2.08. The predicted octanol–water partition coefficient (Wildman–Crippen LogP) is 3.58. The highest BCUT2D eigenvalue weighted by molar-refractivity contribution is 5.30. The predicted molar refractivity (Wildman–Crippen MR) is 52.9 cm³/mol. The quantitative estimate of drug-likeness (QED) is 0.717. The normalized spacial score (nSPS) is 23.5. The highest BCUT2D eigenvalue weighted by Gasteiger charge is 2.44. The molecule has 1 saturated heterocycles. The smallest absolute Gasteiger partial charge is 0.396 e. The number of halogens is 2. The Morgan fingerprint density at radius 2 is 2.13 bits per heavy atom. The van der Waals surface area contributed by atoms with Gasteiger partial charge in [0.1, 0.15) is 0 Å². The van der Waals surface area contributed by atoms with Crippen molar-refractivity contribution in [3.05, 3.63) is 36.3 Å². The Morgan fingerprint density at radius 3 is 2.53 bits per heavy atom. The molecule has 0 saturated carbocycles. The largest absolute Gasteiger partial charge is 0.586 e. The van der Waals surface area contributed by atoms with Crippen LogP contribution in [0.4, 0.5) is 8.78 Å². The van der Waals surface area contributed by atoms with Crippen molar-refractivity contribution in [2.45, 2.75) is 26.6 Å². The van der Waals surface area contributed by atoms with E-state index in [2.05, 4.69) is 22.6 Å². The number of ether oxygens (including phenoxy) is 2. The molecule has 1 unspecified atom stereocenters. The molecule has 4 heteroatoms. The minimum Gasteiger partial charge on any atom is -0.396 e. The molecule has 1 fully saturated rings. The molecule has 0 aliphatic carbocycles. The second-order valence-corrected chi connectivity index (χ2v) is 3.48. The van der Waals surface area contributed by atoms with E-state index in [0.29, 0.717) is 0 Å². The van der Waals surface area contributed by atoms with Crippen molar-refractivity contribution in [2.24, 2.45) is 5.92 Å². The van der Waals surface area contributed by atoms with E-state index < -0.39 is 6.29 Å². The average molecular weight is 216 g/mol. The molecule has 0 bridgehead atoms. The maximum absolute atomic E-state index is 12.6. The second kappa shape index (κ2) is 4.04. The van der Waals surface area contributed by atoms with Crippen molar-refractivity contribution < 1.29 is 18.3 Å². The van der Waals surface area contributed by atoms with Crippen LogP contribution in [0.25, 0.3) is 0 Å². The summed E-state index contributed by atoms with van der Waals surface area (Å²) < 4.78 is 33.6. The molecular weight excluding hydrogens is 202 g/mol. The Balaban J connectivity index is 2.77. The summed E-state index contributed by atoms with van der Waals surface area (Å²) in [5.74, 6) is -0.00197. The SMILES string of the molecule is C=C1OC(F)(F)O/C1=C/C(=C)C(C)CC. The van der Waals surface area contributed by atoms with E-state index in [-0.39, 0.29) is 17.4 Å². The van der Waals surface area contributed by atoms with Crippen LogP contribution in [0.5, 0.6) is 0 Å². The fraction of sp³-hybridized carbons (Fsp3) is 0.455.